The first-order valence-electron chi connectivity index (χ1n) is 12.1. The van der Waals surface area contributed by atoms with E-state index < -0.39 is 68.9 Å². The Hall–Kier alpha value is -4.65. The fourth-order valence-electron chi connectivity index (χ4n) is 3.18. The van der Waals surface area contributed by atoms with Crippen LogP contribution in [0.4, 0.5) is 49.1 Å². The van der Waals surface area contributed by atoms with Crippen LogP contribution in [0.25, 0.3) is 0 Å². The molecule has 0 aliphatic rings. The molecule has 2 heterocycles. The van der Waals surface area contributed by atoms with Gasteiger partial charge in [-0.05, 0) is 38.1 Å². The summed E-state index contributed by atoms with van der Waals surface area (Å²) in [4.78, 5) is 32.9. The zero-order valence-electron chi connectivity index (χ0n) is 23.9. The van der Waals surface area contributed by atoms with E-state index in [0.717, 1.165) is 16.5 Å². The van der Waals surface area contributed by atoms with Crippen LogP contribution in [0.15, 0.2) is 41.2 Å². The molecule has 0 aliphatic heterocycles. The van der Waals surface area contributed by atoms with Gasteiger partial charge in [0, 0.05) is 17.8 Å². The average Bonchev–Trinajstić information content (AvgIpc) is 3.51. The van der Waals surface area contributed by atoms with Gasteiger partial charge in [-0.25, -0.2) is 22.8 Å². The van der Waals surface area contributed by atoms with Crippen molar-refractivity contribution in [3.05, 3.63) is 96.8 Å². The number of aryl methyl sites for hydroxylation is 2. The molecule has 0 aliphatic carbocycles. The Labute approximate surface area is 267 Å². The third kappa shape index (κ3) is 10.2. The Morgan fingerprint density at radius 3 is 1.70 bits per heavy atom. The largest absolute Gasteiger partial charge is 0.451 e. The number of aromatic nitrogens is 4. The minimum Gasteiger partial charge on any atom is -0.451 e. The lowest BCUT2D eigenvalue weighted by molar-refractivity contribution is -0.138. The number of carbonyl (C=O) groups excluding carboxylic acids is 2. The molecule has 0 bridgehead atoms. The van der Waals surface area contributed by atoms with Gasteiger partial charge >= 0.3 is 24.5 Å². The van der Waals surface area contributed by atoms with Gasteiger partial charge in [-0.3, -0.25) is 9.89 Å². The number of halogens is 11. The summed E-state index contributed by atoms with van der Waals surface area (Å²) in [6.45, 7) is 3.14. The second-order valence-electron chi connectivity index (χ2n) is 8.69. The molecule has 0 saturated carbocycles. The number of hydrogen-bond acceptors (Lipinski definition) is 7. The van der Waals surface area contributed by atoms with Crippen LogP contribution in [0.3, 0.4) is 0 Å². The minimum atomic E-state index is -4.74. The van der Waals surface area contributed by atoms with Crippen molar-refractivity contribution in [1.29, 1.82) is 0 Å². The highest BCUT2D eigenvalue weighted by molar-refractivity contribution is 6.32. The van der Waals surface area contributed by atoms with Crippen molar-refractivity contribution in [3.8, 4) is 11.6 Å². The zero-order valence-corrected chi connectivity index (χ0v) is 25.4. The van der Waals surface area contributed by atoms with Gasteiger partial charge in [-0.15, -0.1) is 5.10 Å². The normalized spacial score (nSPS) is 11.1. The van der Waals surface area contributed by atoms with E-state index in [1.807, 2.05) is 0 Å². The Kier molecular flexibility index (Phi) is 12.5. The molecular weight excluding hydrogens is 706 g/mol. The topological polar surface area (TPSA) is 117 Å². The number of aromatic amines is 1. The van der Waals surface area contributed by atoms with Crippen LogP contribution in [-0.2, 0) is 21.8 Å². The third-order valence-electron chi connectivity index (χ3n) is 5.33. The van der Waals surface area contributed by atoms with Crippen molar-refractivity contribution < 1.29 is 63.3 Å². The van der Waals surface area contributed by atoms with E-state index in [2.05, 4.69) is 19.7 Å². The molecule has 0 fully saturated rings. The molecule has 4 rings (SSSR count). The summed E-state index contributed by atoms with van der Waals surface area (Å²) in [5.41, 5.74) is -2.02. The summed E-state index contributed by atoms with van der Waals surface area (Å²) in [6, 6.07) is 3.76. The number of nitrogens with one attached hydrogen (secondary N) is 1. The van der Waals surface area contributed by atoms with Crippen molar-refractivity contribution in [1.82, 2.24) is 19.6 Å². The number of alkyl halides is 6. The van der Waals surface area contributed by atoms with Gasteiger partial charge in [0.2, 0.25) is 5.88 Å². The van der Waals surface area contributed by atoms with E-state index >= 15 is 0 Å². The number of H-pyrrole nitrogens is 1. The highest BCUT2D eigenvalue weighted by Gasteiger charge is 2.33. The standard InChI is InChI=1S/C13H9ClF4N2O3.C7H2ClF5.C6H8N2O3/c1-6-3-10(19-20(6)12(21)22-2)23-11-8(14)4-7(5-9(11)15)13(16,17)18;8-4-1-3(7(11,12)13)2-5(9)6(4)10;1-4-3-5(9)7-8(4)6(10)11-2/h3-5H,1-2H3;1-2H;3H,1-2H3,(H,7,9). The quantitative estimate of drug-likeness (QED) is 0.164. The number of hydrogen-bond donors (Lipinski definition) is 1. The molecule has 0 unspecified atom stereocenters. The molecule has 47 heavy (non-hydrogen) atoms. The molecular formula is C26H19Cl2F9N4O6. The number of ether oxygens (including phenoxy) is 3. The summed E-state index contributed by atoms with van der Waals surface area (Å²) < 4.78 is 128. The number of rotatable bonds is 2. The smallest absolute Gasteiger partial charge is 0.434 e. The average molecular weight is 725 g/mol. The first-order chi connectivity index (χ1) is 21.6. The van der Waals surface area contributed by atoms with Crippen molar-refractivity contribution in [2.45, 2.75) is 26.2 Å². The van der Waals surface area contributed by atoms with E-state index in [-0.39, 0.29) is 23.6 Å². The van der Waals surface area contributed by atoms with Crippen molar-refractivity contribution in [3.63, 3.8) is 0 Å². The molecule has 1 N–H and O–H groups in total. The molecule has 21 heteroatoms. The van der Waals surface area contributed by atoms with Gasteiger partial charge in [0.1, 0.15) is 0 Å². The maximum absolute atomic E-state index is 13.8. The van der Waals surface area contributed by atoms with Crippen LogP contribution in [-0.4, -0.2) is 46.0 Å². The van der Waals surface area contributed by atoms with Gasteiger partial charge in [0.05, 0.1) is 41.1 Å². The molecule has 2 aromatic carbocycles. The third-order valence-corrected chi connectivity index (χ3v) is 5.88. The fraction of sp³-hybridized carbons (Fsp3) is 0.231. The number of carbonyl (C=O) groups is 2. The second-order valence-corrected chi connectivity index (χ2v) is 9.51. The zero-order chi connectivity index (χ0) is 36.0. The van der Waals surface area contributed by atoms with Crippen LogP contribution >= 0.6 is 23.2 Å². The van der Waals surface area contributed by atoms with Crippen LogP contribution < -0.4 is 10.3 Å². The Bertz CT molecular complexity index is 1770. The highest BCUT2D eigenvalue weighted by atomic mass is 35.5. The lowest BCUT2D eigenvalue weighted by Crippen LogP contribution is -2.16. The SMILES string of the molecule is COC(=O)n1[nH]c(=O)cc1C.COC(=O)n1nc(Oc2c(F)cc(C(F)(F)F)cc2Cl)cc1C.Fc1cc(C(F)(F)F)cc(Cl)c1F. The van der Waals surface area contributed by atoms with Crippen molar-refractivity contribution >= 4 is 35.4 Å². The summed E-state index contributed by atoms with van der Waals surface area (Å²) in [5, 5.41) is 4.52. The predicted molar refractivity (Wildman–Crippen MR) is 145 cm³/mol. The maximum Gasteiger partial charge on any atom is 0.434 e. The van der Waals surface area contributed by atoms with Gasteiger partial charge < -0.3 is 14.2 Å². The molecule has 0 spiro atoms. The molecule has 4 aromatic rings. The van der Waals surface area contributed by atoms with Crippen LogP contribution in [0.5, 0.6) is 11.6 Å². The maximum atomic E-state index is 13.8. The van der Waals surface area contributed by atoms with E-state index in [9.17, 15) is 53.9 Å². The molecule has 10 nitrogen and oxygen atoms in total. The van der Waals surface area contributed by atoms with Gasteiger partial charge in [0.15, 0.2) is 23.2 Å². The first-order valence-corrected chi connectivity index (χ1v) is 12.8. The molecule has 2 aromatic heterocycles. The van der Waals surface area contributed by atoms with E-state index in [4.69, 9.17) is 27.9 Å². The fourth-order valence-corrected chi connectivity index (χ4v) is 3.63. The summed E-state index contributed by atoms with van der Waals surface area (Å²) >= 11 is 10.6. The Balaban J connectivity index is 0.000000270. The Morgan fingerprint density at radius 1 is 0.766 bits per heavy atom. The van der Waals surface area contributed by atoms with Crippen LogP contribution in [0.1, 0.15) is 22.5 Å². The molecule has 0 radical (unpaired) electrons. The summed E-state index contributed by atoms with van der Waals surface area (Å²) in [5.74, 6) is -5.26. The lowest BCUT2D eigenvalue weighted by Gasteiger charge is -2.11. The lowest BCUT2D eigenvalue weighted by atomic mass is 10.2. The van der Waals surface area contributed by atoms with E-state index in [0.29, 0.717) is 23.5 Å². The Morgan fingerprint density at radius 2 is 1.28 bits per heavy atom. The number of nitrogens with zero attached hydrogens (tertiary/aromatic N) is 3. The number of benzene rings is 2. The van der Waals surface area contributed by atoms with E-state index in [1.165, 1.54) is 26.2 Å². The first kappa shape index (κ1) is 38.5. The van der Waals surface area contributed by atoms with Crippen LogP contribution in [0.2, 0.25) is 10.0 Å². The molecule has 0 saturated heterocycles. The van der Waals surface area contributed by atoms with Gasteiger partial charge in [-0.2, -0.15) is 35.7 Å². The number of methoxy groups -OCH3 is 2. The molecule has 0 amide bonds. The van der Waals surface area contributed by atoms with E-state index in [1.54, 1.807) is 6.92 Å². The van der Waals surface area contributed by atoms with Gasteiger partial charge in [-0.1, -0.05) is 23.2 Å². The summed E-state index contributed by atoms with van der Waals surface area (Å²) in [7, 11) is 2.39. The predicted octanol–water partition coefficient (Wildman–Crippen LogP) is 8.15. The van der Waals surface area contributed by atoms with Gasteiger partial charge in [0.25, 0.3) is 5.56 Å². The molecule has 0 atom stereocenters. The molecule has 256 valence electrons. The van der Waals surface area contributed by atoms with Crippen LogP contribution in [0, 0.1) is 31.3 Å². The minimum absolute atomic E-state index is 0.0568. The second kappa shape index (κ2) is 15.3. The highest BCUT2D eigenvalue weighted by Crippen LogP contribution is 2.38. The van der Waals surface area contributed by atoms with Crippen molar-refractivity contribution in [2.24, 2.45) is 0 Å². The summed E-state index contributed by atoms with van der Waals surface area (Å²) in [6.07, 6.45) is -10.9. The monoisotopic (exact) mass is 724 g/mol. The van der Waals surface area contributed by atoms with Crippen molar-refractivity contribution in [2.75, 3.05) is 14.2 Å².